The largest absolute Gasteiger partial charge is 0.313 e. The maximum Gasteiger partial charge on any atom is 0.0390 e. The van der Waals surface area contributed by atoms with Gasteiger partial charge in [0.2, 0.25) is 0 Å². The third kappa shape index (κ3) is 2.80. The van der Waals surface area contributed by atoms with Crippen LogP contribution in [-0.2, 0) is 6.42 Å². The van der Waals surface area contributed by atoms with Crippen molar-refractivity contribution in [2.75, 3.05) is 7.05 Å². The van der Waals surface area contributed by atoms with Gasteiger partial charge in [0.05, 0.1) is 0 Å². The minimum Gasteiger partial charge on any atom is -0.313 e. The third-order valence-corrected chi connectivity index (χ3v) is 5.09. The van der Waals surface area contributed by atoms with Gasteiger partial charge in [0.1, 0.15) is 0 Å². The average molecular weight is 346 g/mol. The number of fused-ring (bicyclic) bond motifs is 1. The van der Waals surface area contributed by atoms with Crippen LogP contribution in [0.25, 0.3) is 10.1 Å². The van der Waals surface area contributed by atoms with Crippen LogP contribution in [0.4, 0.5) is 0 Å². The number of halogens is 1. The summed E-state index contributed by atoms with van der Waals surface area (Å²) in [7, 11) is 2.04. The summed E-state index contributed by atoms with van der Waals surface area (Å²) in [5.74, 6) is 0. The lowest BCUT2D eigenvalue weighted by atomic mass is 9.98. The van der Waals surface area contributed by atoms with E-state index in [-0.39, 0.29) is 0 Å². The summed E-state index contributed by atoms with van der Waals surface area (Å²) in [5, 5.41) is 6.96. The standard InChI is InChI=1S/C17H16BrNS/c1-19-16(11-12-5-7-14(18)8-6-12)15-4-2-3-13-9-10-20-17(13)15/h2-10,16,19H,11H2,1H3. The molecule has 1 N–H and O–H groups in total. The Kier molecular flexibility index (Phi) is 4.20. The Morgan fingerprint density at radius 2 is 1.90 bits per heavy atom. The van der Waals surface area contributed by atoms with Crippen molar-refractivity contribution >= 4 is 37.4 Å². The molecule has 0 aliphatic rings. The van der Waals surface area contributed by atoms with E-state index in [1.807, 2.05) is 18.4 Å². The van der Waals surface area contributed by atoms with Crippen LogP contribution in [0.1, 0.15) is 17.2 Å². The lowest BCUT2D eigenvalue weighted by Gasteiger charge is -2.18. The fourth-order valence-corrected chi connectivity index (χ4v) is 3.75. The highest BCUT2D eigenvalue weighted by Gasteiger charge is 2.13. The first-order chi connectivity index (χ1) is 9.78. The van der Waals surface area contributed by atoms with Gasteiger partial charge in [-0.3, -0.25) is 0 Å². The van der Waals surface area contributed by atoms with Crippen molar-refractivity contribution in [3.8, 4) is 0 Å². The third-order valence-electron chi connectivity index (χ3n) is 3.59. The van der Waals surface area contributed by atoms with Crippen LogP contribution in [0.5, 0.6) is 0 Å². The van der Waals surface area contributed by atoms with Crippen molar-refractivity contribution in [3.05, 3.63) is 69.5 Å². The summed E-state index contributed by atoms with van der Waals surface area (Å²) in [6, 6.07) is 17.7. The normalized spacial score (nSPS) is 12.7. The maximum atomic E-state index is 3.49. The van der Waals surface area contributed by atoms with E-state index in [1.54, 1.807) is 0 Å². The van der Waals surface area contributed by atoms with Crippen LogP contribution < -0.4 is 5.32 Å². The number of nitrogens with one attached hydrogen (secondary N) is 1. The van der Waals surface area contributed by atoms with Gasteiger partial charge in [-0.2, -0.15) is 0 Å². The second-order valence-corrected chi connectivity index (χ2v) is 6.69. The van der Waals surface area contributed by atoms with Gasteiger partial charge in [-0.15, -0.1) is 11.3 Å². The van der Waals surface area contributed by atoms with Gasteiger partial charge in [-0.25, -0.2) is 0 Å². The van der Waals surface area contributed by atoms with Crippen LogP contribution in [0.2, 0.25) is 0 Å². The van der Waals surface area contributed by atoms with E-state index in [4.69, 9.17) is 0 Å². The molecule has 3 aromatic rings. The molecular weight excluding hydrogens is 330 g/mol. The van der Waals surface area contributed by atoms with E-state index in [0.717, 1.165) is 10.9 Å². The molecule has 3 rings (SSSR count). The minimum absolute atomic E-state index is 0.346. The number of hydrogen-bond donors (Lipinski definition) is 1. The van der Waals surface area contributed by atoms with Crippen molar-refractivity contribution in [2.45, 2.75) is 12.5 Å². The molecule has 1 unspecified atom stereocenters. The number of hydrogen-bond acceptors (Lipinski definition) is 2. The van der Waals surface area contributed by atoms with E-state index in [1.165, 1.54) is 21.2 Å². The van der Waals surface area contributed by atoms with Gasteiger partial charge in [0.15, 0.2) is 0 Å². The van der Waals surface area contributed by atoms with E-state index in [0.29, 0.717) is 6.04 Å². The predicted molar refractivity (Wildman–Crippen MR) is 91.5 cm³/mol. The number of thiophene rings is 1. The van der Waals surface area contributed by atoms with Crippen molar-refractivity contribution in [2.24, 2.45) is 0 Å². The second-order valence-electron chi connectivity index (χ2n) is 4.86. The van der Waals surface area contributed by atoms with Crippen LogP contribution in [0.3, 0.4) is 0 Å². The van der Waals surface area contributed by atoms with Crippen molar-refractivity contribution in [3.63, 3.8) is 0 Å². The molecule has 0 radical (unpaired) electrons. The molecular formula is C17H16BrNS. The zero-order chi connectivity index (χ0) is 13.9. The molecule has 1 aromatic heterocycles. The average Bonchev–Trinajstić information content (AvgIpc) is 2.95. The lowest BCUT2D eigenvalue weighted by molar-refractivity contribution is 0.597. The van der Waals surface area contributed by atoms with Crippen LogP contribution in [0.15, 0.2) is 58.4 Å². The number of likely N-dealkylation sites (N-methyl/N-ethyl adjacent to an activating group) is 1. The monoisotopic (exact) mass is 345 g/mol. The molecule has 0 spiro atoms. The van der Waals surface area contributed by atoms with E-state index in [2.05, 4.69) is 75.2 Å². The molecule has 102 valence electrons. The molecule has 1 atom stereocenters. The molecule has 0 bridgehead atoms. The Labute approximate surface area is 131 Å². The SMILES string of the molecule is CNC(Cc1ccc(Br)cc1)c1cccc2ccsc12. The molecule has 0 saturated carbocycles. The summed E-state index contributed by atoms with van der Waals surface area (Å²) in [5.41, 5.74) is 2.74. The molecule has 3 heteroatoms. The van der Waals surface area contributed by atoms with Gasteiger partial charge in [0, 0.05) is 15.2 Å². The Hall–Kier alpha value is -1.16. The quantitative estimate of drug-likeness (QED) is 0.687. The molecule has 0 aliphatic heterocycles. The summed E-state index contributed by atoms with van der Waals surface area (Å²) < 4.78 is 2.52. The summed E-state index contributed by atoms with van der Waals surface area (Å²) in [6.45, 7) is 0. The fourth-order valence-electron chi connectivity index (χ4n) is 2.51. The van der Waals surface area contributed by atoms with E-state index >= 15 is 0 Å². The number of rotatable bonds is 4. The highest BCUT2D eigenvalue weighted by atomic mass is 79.9. The van der Waals surface area contributed by atoms with Gasteiger partial charge in [0.25, 0.3) is 0 Å². The fraction of sp³-hybridized carbons (Fsp3) is 0.176. The van der Waals surface area contributed by atoms with E-state index in [9.17, 15) is 0 Å². The highest BCUT2D eigenvalue weighted by Crippen LogP contribution is 2.30. The zero-order valence-electron chi connectivity index (χ0n) is 11.3. The molecule has 1 nitrogen and oxygen atoms in total. The van der Waals surface area contributed by atoms with Crippen LogP contribution >= 0.6 is 27.3 Å². The first-order valence-electron chi connectivity index (χ1n) is 6.66. The van der Waals surface area contributed by atoms with Gasteiger partial charge >= 0.3 is 0 Å². The lowest BCUT2D eigenvalue weighted by Crippen LogP contribution is -2.18. The van der Waals surface area contributed by atoms with Gasteiger partial charge in [-0.1, -0.05) is 46.3 Å². The first-order valence-corrected chi connectivity index (χ1v) is 8.33. The molecule has 0 saturated heterocycles. The smallest absolute Gasteiger partial charge is 0.0390 e. The van der Waals surface area contributed by atoms with Crippen LogP contribution in [-0.4, -0.2) is 7.05 Å². The maximum absolute atomic E-state index is 3.49. The predicted octanol–water partition coefficient (Wildman–Crippen LogP) is 5.17. The topological polar surface area (TPSA) is 12.0 Å². The second kappa shape index (κ2) is 6.08. The Morgan fingerprint density at radius 1 is 1.10 bits per heavy atom. The highest BCUT2D eigenvalue weighted by molar-refractivity contribution is 9.10. The summed E-state index contributed by atoms with van der Waals surface area (Å²) >= 11 is 5.31. The summed E-state index contributed by atoms with van der Waals surface area (Å²) in [6.07, 6.45) is 1.00. The van der Waals surface area contributed by atoms with Crippen molar-refractivity contribution < 1.29 is 0 Å². The van der Waals surface area contributed by atoms with E-state index < -0.39 is 0 Å². The van der Waals surface area contributed by atoms with Gasteiger partial charge < -0.3 is 5.32 Å². The molecule has 0 amide bonds. The minimum atomic E-state index is 0.346. The van der Waals surface area contributed by atoms with Crippen molar-refractivity contribution in [1.29, 1.82) is 0 Å². The summed E-state index contributed by atoms with van der Waals surface area (Å²) in [4.78, 5) is 0. The molecule has 20 heavy (non-hydrogen) atoms. The Balaban J connectivity index is 1.93. The van der Waals surface area contributed by atoms with Gasteiger partial charge in [-0.05, 0) is 53.6 Å². The number of benzene rings is 2. The molecule has 0 fully saturated rings. The Bertz CT molecular complexity index is 702. The zero-order valence-corrected chi connectivity index (χ0v) is 13.7. The van der Waals surface area contributed by atoms with Crippen molar-refractivity contribution in [1.82, 2.24) is 5.32 Å². The molecule has 1 heterocycles. The van der Waals surface area contributed by atoms with Crippen LogP contribution in [0, 0.1) is 0 Å². The Morgan fingerprint density at radius 3 is 2.65 bits per heavy atom. The molecule has 0 aliphatic carbocycles. The first kappa shape index (κ1) is 13.8. The molecule has 2 aromatic carbocycles.